The molecule has 0 saturated heterocycles. The average molecular weight is 409 g/mol. The highest BCUT2D eigenvalue weighted by Gasteiger charge is 2.27. The number of sulfonamides is 1. The minimum absolute atomic E-state index is 0.152. The monoisotopic (exact) mass is 408 g/mol. The Bertz CT molecular complexity index is 1060. The summed E-state index contributed by atoms with van der Waals surface area (Å²) < 4.78 is 27.7. The van der Waals surface area contributed by atoms with Gasteiger partial charge in [-0.3, -0.25) is 9.10 Å². The number of rotatable bonds is 7. The second-order valence-electron chi connectivity index (χ2n) is 6.92. The zero-order valence-electron chi connectivity index (χ0n) is 16.5. The first-order chi connectivity index (χ1) is 13.9. The summed E-state index contributed by atoms with van der Waals surface area (Å²) >= 11 is 0. The molecule has 0 unspecified atom stereocenters. The predicted molar refractivity (Wildman–Crippen MR) is 115 cm³/mol. The Morgan fingerprint density at radius 2 is 1.38 bits per heavy atom. The van der Waals surface area contributed by atoms with E-state index in [0.29, 0.717) is 12.2 Å². The Labute approximate surface area is 172 Å². The van der Waals surface area contributed by atoms with Crippen molar-refractivity contribution in [2.24, 2.45) is 0 Å². The lowest BCUT2D eigenvalue weighted by Crippen LogP contribution is -2.40. The SMILES string of the molecule is Cc1ccc(N(CC(=O)NCc2ccccc2)S(=O)(=O)c2ccc(C)cc2)cc1. The number of anilines is 1. The van der Waals surface area contributed by atoms with Crippen LogP contribution in [0.2, 0.25) is 0 Å². The minimum Gasteiger partial charge on any atom is -0.350 e. The molecule has 0 aliphatic heterocycles. The third kappa shape index (κ3) is 5.23. The highest BCUT2D eigenvalue weighted by atomic mass is 32.2. The fourth-order valence-electron chi connectivity index (χ4n) is 2.85. The second-order valence-corrected chi connectivity index (χ2v) is 8.78. The fourth-order valence-corrected chi connectivity index (χ4v) is 4.27. The van der Waals surface area contributed by atoms with Gasteiger partial charge in [0.15, 0.2) is 0 Å². The van der Waals surface area contributed by atoms with Gasteiger partial charge in [-0.05, 0) is 43.7 Å². The summed E-state index contributed by atoms with van der Waals surface area (Å²) in [5, 5.41) is 2.80. The third-order valence-electron chi connectivity index (χ3n) is 4.55. The third-order valence-corrected chi connectivity index (χ3v) is 6.34. The van der Waals surface area contributed by atoms with Crippen LogP contribution in [0.15, 0.2) is 83.8 Å². The van der Waals surface area contributed by atoms with E-state index in [1.165, 1.54) is 0 Å². The highest BCUT2D eigenvalue weighted by molar-refractivity contribution is 7.92. The van der Waals surface area contributed by atoms with Crippen molar-refractivity contribution in [3.63, 3.8) is 0 Å². The maximum atomic E-state index is 13.3. The van der Waals surface area contributed by atoms with Crippen molar-refractivity contribution in [1.82, 2.24) is 5.32 Å². The van der Waals surface area contributed by atoms with Crippen molar-refractivity contribution in [2.45, 2.75) is 25.3 Å². The highest BCUT2D eigenvalue weighted by Crippen LogP contribution is 2.24. The van der Waals surface area contributed by atoms with Crippen LogP contribution in [0.5, 0.6) is 0 Å². The number of carbonyl (C=O) groups excluding carboxylic acids is 1. The summed E-state index contributed by atoms with van der Waals surface area (Å²) in [6.07, 6.45) is 0. The van der Waals surface area contributed by atoms with Gasteiger partial charge in [0.2, 0.25) is 5.91 Å². The minimum atomic E-state index is -3.89. The Balaban J connectivity index is 1.86. The maximum Gasteiger partial charge on any atom is 0.264 e. The summed E-state index contributed by atoms with van der Waals surface area (Å²) in [4.78, 5) is 12.7. The first-order valence-electron chi connectivity index (χ1n) is 9.33. The van der Waals surface area contributed by atoms with Crippen LogP contribution in [0.25, 0.3) is 0 Å². The van der Waals surface area contributed by atoms with Crippen LogP contribution < -0.4 is 9.62 Å². The predicted octanol–water partition coefficient (Wildman–Crippen LogP) is 3.82. The van der Waals surface area contributed by atoms with E-state index in [1.807, 2.05) is 56.3 Å². The van der Waals surface area contributed by atoms with E-state index in [-0.39, 0.29) is 17.3 Å². The van der Waals surface area contributed by atoms with E-state index < -0.39 is 10.0 Å². The molecule has 0 aliphatic carbocycles. The summed E-state index contributed by atoms with van der Waals surface area (Å²) in [7, 11) is -3.89. The number of carbonyl (C=O) groups is 1. The molecule has 0 spiro atoms. The molecule has 29 heavy (non-hydrogen) atoms. The van der Waals surface area contributed by atoms with Crippen molar-refractivity contribution in [1.29, 1.82) is 0 Å². The van der Waals surface area contributed by atoms with Crippen molar-refractivity contribution < 1.29 is 13.2 Å². The second kappa shape index (κ2) is 8.92. The molecular weight excluding hydrogens is 384 g/mol. The quantitative estimate of drug-likeness (QED) is 0.646. The lowest BCUT2D eigenvalue weighted by molar-refractivity contribution is -0.119. The molecule has 5 nitrogen and oxygen atoms in total. The maximum absolute atomic E-state index is 13.3. The van der Waals surface area contributed by atoms with Crippen LogP contribution in [-0.4, -0.2) is 20.9 Å². The number of hydrogen-bond acceptors (Lipinski definition) is 3. The number of nitrogens with zero attached hydrogens (tertiary/aromatic N) is 1. The van der Waals surface area contributed by atoms with Gasteiger partial charge >= 0.3 is 0 Å². The van der Waals surface area contributed by atoms with Gasteiger partial charge in [0, 0.05) is 6.54 Å². The van der Waals surface area contributed by atoms with Crippen molar-refractivity contribution >= 4 is 21.6 Å². The zero-order chi connectivity index (χ0) is 20.9. The van der Waals surface area contributed by atoms with Crippen molar-refractivity contribution in [3.05, 3.63) is 95.6 Å². The van der Waals surface area contributed by atoms with E-state index in [4.69, 9.17) is 0 Å². The standard InChI is InChI=1S/C23H24N2O3S/c1-18-8-12-21(13-9-18)25(29(27,28)22-14-10-19(2)11-15-22)17-23(26)24-16-20-6-4-3-5-7-20/h3-15H,16-17H2,1-2H3,(H,24,26). The van der Waals surface area contributed by atoms with Crippen molar-refractivity contribution in [3.8, 4) is 0 Å². The molecule has 3 aromatic carbocycles. The number of amides is 1. The van der Waals surface area contributed by atoms with Gasteiger partial charge in [0.1, 0.15) is 6.54 Å². The average Bonchev–Trinajstić information content (AvgIpc) is 2.72. The number of benzene rings is 3. The van der Waals surface area contributed by atoms with Crippen LogP contribution >= 0.6 is 0 Å². The van der Waals surface area contributed by atoms with Gasteiger partial charge in [0.25, 0.3) is 10.0 Å². The molecule has 1 amide bonds. The molecule has 0 aromatic heterocycles. The first-order valence-corrected chi connectivity index (χ1v) is 10.8. The van der Waals surface area contributed by atoms with Crippen LogP contribution in [-0.2, 0) is 21.4 Å². The number of nitrogens with one attached hydrogen (secondary N) is 1. The van der Waals surface area contributed by atoms with Gasteiger partial charge in [-0.15, -0.1) is 0 Å². The van der Waals surface area contributed by atoms with Gasteiger partial charge in [-0.2, -0.15) is 0 Å². The zero-order valence-corrected chi connectivity index (χ0v) is 17.3. The van der Waals surface area contributed by atoms with Gasteiger partial charge in [0.05, 0.1) is 10.6 Å². The molecule has 0 radical (unpaired) electrons. The summed E-state index contributed by atoms with van der Waals surface area (Å²) in [5.74, 6) is -0.370. The van der Waals surface area contributed by atoms with E-state index in [2.05, 4.69) is 5.32 Å². The Kier molecular flexibility index (Phi) is 6.34. The van der Waals surface area contributed by atoms with Crippen LogP contribution in [0.1, 0.15) is 16.7 Å². The summed E-state index contributed by atoms with van der Waals surface area (Å²) in [5.41, 5.74) is 3.37. The molecule has 0 bridgehead atoms. The largest absolute Gasteiger partial charge is 0.350 e. The molecule has 6 heteroatoms. The van der Waals surface area contributed by atoms with Crippen LogP contribution in [0.4, 0.5) is 5.69 Å². The van der Waals surface area contributed by atoms with E-state index >= 15 is 0 Å². The Morgan fingerprint density at radius 3 is 1.97 bits per heavy atom. The van der Waals surface area contributed by atoms with Crippen molar-refractivity contribution in [2.75, 3.05) is 10.8 Å². The number of aryl methyl sites for hydroxylation is 2. The molecule has 0 saturated carbocycles. The van der Waals surface area contributed by atoms with Gasteiger partial charge < -0.3 is 5.32 Å². The summed E-state index contributed by atoms with van der Waals surface area (Å²) in [6.45, 7) is 3.86. The molecule has 0 aliphatic rings. The lowest BCUT2D eigenvalue weighted by Gasteiger charge is -2.24. The number of hydrogen-bond donors (Lipinski definition) is 1. The Hall–Kier alpha value is -3.12. The van der Waals surface area contributed by atoms with Gasteiger partial charge in [-0.25, -0.2) is 8.42 Å². The molecule has 150 valence electrons. The topological polar surface area (TPSA) is 66.5 Å². The van der Waals surface area contributed by atoms with E-state index in [9.17, 15) is 13.2 Å². The first kappa shape index (κ1) is 20.6. The summed E-state index contributed by atoms with van der Waals surface area (Å²) in [6, 6.07) is 23.2. The fraction of sp³-hybridized carbons (Fsp3) is 0.174. The Morgan fingerprint density at radius 1 is 0.828 bits per heavy atom. The molecular formula is C23H24N2O3S. The molecule has 0 heterocycles. The molecule has 3 aromatic rings. The van der Waals surface area contributed by atoms with Crippen LogP contribution in [0.3, 0.4) is 0 Å². The lowest BCUT2D eigenvalue weighted by atomic mass is 10.2. The normalized spacial score (nSPS) is 11.1. The van der Waals surface area contributed by atoms with Gasteiger partial charge in [-0.1, -0.05) is 65.7 Å². The molecule has 1 N–H and O–H groups in total. The molecule has 0 atom stereocenters. The molecule has 3 rings (SSSR count). The van der Waals surface area contributed by atoms with E-state index in [1.54, 1.807) is 36.4 Å². The smallest absolute Gasteiger partial charge is 0.264 e. The van der Waals surface area contributed by atoms with Crippen LogP contribution in [0, 0.1) is 13.8 Å². The molecule has 0 fully saturated rings. The van der Waals surface area contributed by atoms with E-state index in [0.717, 1.165) is 21.0 Å².